The van der Waals surface area contributed by atoms with Crippen molar-refractivity contribution in [2.75, 3.05) is 98.5 Å². The van der Waals surface area contributed by atoms with Crippen LogP contribution < -0.4 is 20.5 Å². The first-order chi connectivity index (χ1) is 49.8. The van der Waals surface area contributed by atoms with E-state index in [2.05, 4.69) is 17.4 Å². The third-order valence-corrected chi connectivity index (χ3v) is 18.6. The Morgan fingerprint density at radius 3 is 1.08 bits per heavy atom. The molecule has 4 N–H and O–H groups in total. The number of hydrogen-bond donors (Lipinski definition) is 3. The molecular weight excluding hydrogens is 1430 g/mol. The van der Waals surface area contributed by atoms with Crippen LogP contribution in [-0.4, -0.2) is 188 Å². The average Bonchev–Trinajstić information content (AvgIpc) is 1.22. The summed E-state index contributed by atoms with van der Waals surface area (Å²) in [6.07, 6.45) is -18.6. The lowest BCUT2D eigenvalue weighted by molar-refractivity contribution is -0.385. The molecule has 0 saturated heterocycles. The highest BCUT2D eigenvalue weighted by atomic mass is 19.4. The standard InChI is InChI=1S/C13H14F3NO2.C13H14F3NO.C12H11F3N2O3.C12H13F3N2O.C12H12F3NO2.C11H15NO/c1-19-11-4-2-3-9-5-7-17(8-6-10(9)11)12(18)13(14,15)16;1-9-3-2-4-10-5-7-17(8-6-11(9)10)12(18)13(14,15)16;13-12(14,15)11(18)16-6-4-8-2-1-3-10(17(19)20)9(8)5-7-16;13-12(14,15)11(18)17-6-4-8-2-1-3-10(16)9(8)5-7-17;13-12(14,15)11(18)16-6-4-8-2-1-3-10(17)9(8)5-7-16;1-13-11-4-2-3-9-5-7-12-8-6-10(9)11/h2-4H,5-8H2,1H3;2-4H,5-8H2,1H3;1-3H,4-7H2;1-3H,4-7,16H2;1-3,17H,4-7H2;2-4,12H,5-8H2,1H3. The minimum atomic E-state index is -4.91. The third kappa shape index (κ3) is 22.6. The Hall–Kier alpha value is -9.82. The van der Waals surface area contributed by atoms with Crippen molar-refractivity contribution in [3.05, 3.63) is 192 Å². The van der Waals surface area contributed by atoms with Crippen molar-refractivity contribution in [3.8, 4) is 17.2 Å². The number of nitrogen functional groups attached to an aromatic ring is 1. The quantitative estimate of drug-likeness (QED) is 0.0652. The highest BCUT2D eigenvalue weighted by molar-refractivity contribution is 5.84. The number of benzene rings is 6. The molecule has 0 aromatic heterocycles. The summed E-state index contributed by atoms with van der Waals surface area (Å²) >= 11 is 0. The van der Waals surface area contributed by atoms with Gasteiger partial charge in [0, 0.05) is 82.8 Å². The number of nitro benzene ring substituents is 1. The van der Waals surface area contributed by atoms with Crippen LogP contribution in [0.4, 0.5) is 77.2 Å². The molecule has 0 atom stereocenters. The molecule has 5 amide bonds. The summed E-state index contributed by atoms with van der Waals surface area (Å²) in [4.78, 5) is 70.4. The number of rotatable bonds is 3. The number of nitrogens with zero attached hydrogens (tertiary/aromatic N) is 6. The van der Waals surface area contributed by atoms with Crippen molar-refractivity contribution >= 4 is 40.9 Å². The van der Waals surface area contributed by atoms with Gasteiger partial charge in [0.15, 0.2) is 0 Å². The summed E-state index contributed by atoms with van der Waals surface area (Å²) in [7, 11) is 3.27. The van der Waals surface area contributed by atoms with Crippen molar-refractivity contribution in [1.29, 1.82) is 0 Å². The number of anilines is 1. The van der Waals surface area contributed by atoms with Gasteiger partial charge < -0.3 is 50.1 Å². The second kappa shape index (κ2) is 36.5. The van der Waals surface area contributed by atoms with Gasteiger partial charge >= 0.3 is 60.4 Å². The molecule has 106 heavy (non-hydrogen) atoms. The van der Waals surface area contributed by atoms with Crippen LogP contribution in [0.1, 0.15) is 72.3 Å². The van der Waals surface area contributed by atoms with E-state index < -0.39 is 65.3 Å². The second-order valence-corrected chi connectivity index (χ2v) is 25.2. The van der Waals surface area contributed by atoms with E-state index in [1.807, 2.05) is 43.3 Å². The lowest BCUT2D eigenvalue weighted by Gasteiger charge is -2.21. The van der Waals surface area contributed by atoms with Gasteiger partial charge in [0.25, 0.3) is 5.69 Å². The molecule has 33 heteroatoms. The Bertz CT molecular complexity index is 3860. The van der Waals surface area contributed by atoms with E-state index in [1.165, 1.54) is 36.4 Å². The maximum Gasteiger partial charge on any atom is 0.471 e. The highest BCUT2D eigenvalue weighted by Gasteiger charge is 2.47. The Morgan fingerprint density at radius 2 is 0.670 bits per heavy atom. The molecule has 6 aliphatic heterocycles. The number of nitro groups is 1. The van der Waals surface area contributed by atoms with Crippen LogP contribution in [0.25, 0.3) is 0 Å². The maximum atomic E-state index is 12.4. The number of nitrogens with two attached hydrogens (primary N) is 1. The zero-order valence-electron chi connectivity index (χ0n) is 57.9. The first-order valence-electron chi connectivity index (χ1n) is 33.6. The minimum absolute atomic E-state index is 0.0226. The summed E-state index contributed by atoms with van der Waals surface area (Å²) in [5.74, 6) is -7.18. The number of carbonyl (C=O) groups is 5. The predicted octanol–water partition coefficient (Wildman–Crippen LogP) is 11.8. The number of aromatic hydroxyl groups is 1. The van der Waals surface area contributed by atoms with Crippen LogP contribution in [-0.2, 0) is 101 Å². The van der Waals surface area contributed by atoms with E-state index in [1.54, 1.807) is 49.6 Å². The van der Waals surface area contributed by atoms with E-state index in [4.69, 9.17) is 15.2 Å². The lowest BCUT2D eigenvalue weighted by Crippen LogP contribution is -2.42. The van der Waals surface area contributed by atoms with E-state index >= 15 is 0 Å². The van der Waals surface area contributed by atoms with Crippen molar-refractivity contribution in [3.63, 3.8) is 0 Å². The third-order valence-electron chi connectivity index (χ3n) is 18.6. The number of alkyl halides is 15. The minimum Gasteiger partial charge on any atom is -0.508 e. The molecular formula is C73H79F15N8O10. The fraction of sp³-hybridized carbons (Fsp3) is 0.438. The predicted molar refractivity (Wildman–Crippen MR) is 360 cm³/mol. The second-order valence-electron chi connectivity index (χ2n) is 25.2. The van der Waals surface area contributed by atoms with Crippen molar-refractivity contribution < 1.29 is 109 Å². The van der Waals surface area contributed by atoms with Crippen molar-refractivity contribution in [2.45, 2.75) is 115 Å². The number of hydrogen-bond acceptors (Lipinski definition) is 12. The van der Waals surface area contributed by atoms with E-state index in [9.17, 15) is 105 Å². The van der Waals surface area contributed by atoms with E-state index in [0.717, 1.165) is 95.8 Å². The van der Waals surface area contributed by atoms with Gasteiger partial charge in [-0.25, -0.2) is 0 Å². The molecule has 18 nitrogen and oxygen atoms in total. The SMILES string of the molecule is COc1cccc2c1CCN(C(=O)C(F)(F)F)CC2.COc1cccc2c1CCNCC2.Cc1cccc2c1CCN(C(=O)C(F)(F)F)CC2.Nc1cccc2c1CCN(C(=O)C(F)(F)F)CC2.O=C(N1CCc2cccc(O)c2CC1)C(F)(F)F.O=C(N1CCc2cccc([N+](=O)[O-])c2CC1)C(F)(F)F. The maximum absolute atomic E-state index is 12.4. The first-order valence-corrected chi connectivity index (χ1v) is 33.6. The van der Waals surface area contributed by atoms with Crippen molar-refractivity contribution in [1.82, 2.24) is 29.8 Å². The first kappa shape index (κ1) is 83.5. The van der Waals surface area contributed by atoms with Gasteiger partial charge in [-0.05, 0) is 188 Å². The normalized spacial score (nSPS) is 15.9. The molecule has 0 unspecified atom stereocenters. The largest absolute Gasteiger partial charge is 0.508 e. The zero-order chi connectivity index (χ0) is 78.1. The van der Waals surface area contributed by atoms with Gasteiger partial charge in [-0.3, -0.25) is 34.1 Å². The molecule has 0 radical (unpaired) electrons. The monoisotopic (exact) mass is 1510 g/mol. The molecule has 6 aliphatic rings. The number of fused-ring (bicyclic) bond motifs is 6. The number of amides is 5. The smallest absolute Gasteiger partial charge is 0.471 e. The zero-order valence-corrected chi connectivity index (χ0v) is 57.9. The van der Waals surface area contributed by atoms with Crippen molar-refractivity contribution in [2.24, 2.45) is 0 Å². The summed E-state index contributed by atoms with van der Waals surface area (Å²) < 4.78 is 196. The summed E-state index contributed by atoms with van der Waals surface area (Å²) in [5, 5.41) is 23.9. The number of halogens is 15. The molecule has 6 heterocycles. The van der Waals surface area contributed by atoms with Gasteiger partial charge in [-0.15, -0.1) is 0 Å². The summed E-state index contributed by atoms with van der Waals surface area (Å²) in [5.41, 5.74) is 18.4. The topological polar surface area (TPSA) is 221 Å². The molecule has 6 aromatic carbocycles. The molecule has 0 bridgehead atoms. The number of aryl methyl sites for hydroxylation is 1. The Kier molecular flexibility index (Phi) is 28.7. The Labute approximate surface area is 600 Å². The van der Waals surface area contributed by atoms with Gasteiger partial charge in [-0.2, -0.15) is 65.9 Å². The van der Waals surface area contributed by atoms with Gasteiger partial charge in [0.1, 0.15) is 17.2 Å². The Morgan fingerprint density at radius 1 is 0.387 bits per heavy atom. The number of carbonyl (C=O) groups excluding carboxylic acids is 5. The lowest BCUT2D eigenvalue weighted by atomic mass is 9.98. The van der Waals surface area contributed by atoms with E-state index in [-0.39, 0.29) is 96.1 Å². The average molecular weight is 1510 g/mol. The van der Waals surface area contributed by atoms with Crippen LogP contribution in [0.5, 0.6) is 17.2 Å². The van der Waals surface area contributed by atoms with Crippen LogP contribution in [0.15, 0.2) is 109 Å². The molecule has 576 valence electrons. The summed E-state index contributed by atoms with van der Waals surface area (Å²) in [6, 6.07) is 32.2. The number of phenolic OH excluding ortho intramolecular Hbond substituents is 1. The Balaban J connectivity index is 0.000000178. The molecule has 0 aliphatic carbocycles. The fourth-order valence-corrected chi connectivity index (χ4v) is 13.2. The number of phenols is 1. The number of nitrogens with one attached hydrogen (secondary N) is 1. The van der Waals surface area contributed by atoms with E-state index in [0.29, 0.717) is 78.0 Å². The molecule has 0 spiro atoms. The number of methoxy groups -OCH3 is 2. The number of ether oxygens (including phenoxy) is 2. The fourth-order valence-electron chi connectivity index (χ4n) is 13.2. The molecule has 0 fully saturated rings. The van der Waals surface area contributed by atoms with Crippen LogP contribution in [0, 0.1) is 17.0 Å². The van der Waals surface area contributed by atoms with Gasteiger partial charge in [-0.1, -0.05) is 78.9 Å². The van der Waals surface area contributed by atoms with Crippen LogP contribution in [0.2, 0.25) is 0 Å². The van der Waals surface area contributed by atoms with Gasteiger partial charge in [0.05, 0.1) is 19.1 Å². The highest BCUT2D eigenvalue weighted by Crippen LogP contribution is 2.33. The summed E-state index contributed by atoms with van der Waals surface area (Å²) in [6.45, 7) is 4.37. The molecule has 12 rings (SSSR count). The molecule has 6 aromatic rings. The van der Waals surface area contributed by atoms with Crippen LogP contribution in [0.3, 0.4) is 0 Å². The van der Waals surface area contributed by atoms with Gasteiger partial charge in [0.2, 0.25) is 0 Å². The van der Waals surface area contributed by atoms with Crippen LogP contribution >= 0.6 is 0 Å². The molecule has 0 saturated carbocycles.